The maximum absolute atomic E-state index is 13.3. The van der Waals surface area contributed by atoms with Crippen LogP contribution in [0.3, 0.4) is 0 Å². The van der Waals surface area contributed by atoms with Gasteiger partial charge in [-0.2, -0.15) is 4.31 Å². The minimum atomic E-state index is -3.70. The predicted octanol–water partition coefficient (Wildman–Crippen LogP) is 3.90. The van der Waals surface area contributed by atoms with E-state index in [-0.39, 0.29) is 10.5 Å². The van der Waals surface area contributed by atoms with Gasteiger partial charge >= 0.3 is 0 Å². The van der Waals surface area contributed by atoms with Crippen LogP contribution < -0.4 is 15.8 Å². The molecule has 0 aliphatic carbocycles. The second-order valence-corrected chi connectivity index (χ2v) is 11.8. The Labute approximate surface area is 218 Å². The van der Waals surface area contributed by atoms with Crippen LogP contribution in [0.15, 0.2) is 58.2 Å². The molecule has 1 fully saturated rings. The van der Waals surface area contributed by atoms with Crippen molar-refractivity contribution in [3.05, 3.63) is 70.0 Å². The van der Waals surface area contributed by atoms with E-state index in [1.165, 1.54) is 28.1 Å². The first kappa shape index (κ1) is 26.9. The molecule has 0 saturated carbocycles. The summed E-state index contributed by atoms with van der Waals surface area (Å²) in [5, 5.41) is 3.32. The van der Waals surface area contributed by atoms with Crippen molar-refractivity contribution >= 4 is 32.5 Å². The number of carbonyl (C=O) groups is 1. The van der Waals surface area contributed by atoms with E-state index in [9.17, 15) is 18.0 Å². The number of benzene rings is 2. The number of pyridine rings is 1. The second kappa shape index (κ2) is 11.5. The molecular weight excluding hydrogens is 488 g/mol. The Morgan fingerprint density at radius 2 is 2.00 bits per heavy atom. The molecule has 2 aromatic carbocycles. The first-order chi connectivity index (χ1) is 17.7. The van der Waals surface area contributed by atoms with Crippen LogP contribution in [0.5, 0.6) is 0 Å². The minimum absolute atomic E-state index is 0.131. The van der Waals surface area contributed by atoms with Gasteiger partial charge in [0.05, 0.1) is 10.5 Å². The number of carbonyl (C=O) groups excluding carboxylic acids is 1. The van der Waals surface area contributed by atoms with Crippen LogP contribution in [0.25, 0.3) is 10.9 Å². The van der Waals surface area contributed by atoms with E-state index < -0.39 is 21.5 Å². The molecule has 2 heterocycles. The highest BCUT2D eigenvalue weighted by molar-refractivity contribution is 7.89. The first-order valence-electron chi connectivity index (χ1n) is 13.0. The molecule has 1 aliphatic rings. The Morgan fingerprint density at radius 3 is 2.73 bits per heavy atom. The Morgan fingerprint density at radius 1 is 1.19 bits per heavy atom. The molecule has 1 aromatic heterocycles. The molecule has 0 radical (unpaired) electrons. The van der Waals surface area contributed by atoms with E-state index in [0.29, 0.717) is 36.5 Å². The Bertz CT molecular complexity index is 1430. The molecule has 1 atom stereocenters. The van der Waals surface area contributed by atoms with E-state index in [1.807, 2.05) is 6.07 Å². The Balaban J connectivity index is 1.50. The molecule has 0 spiro atoms. The molecular formula is C28H36N4O4S. The largest absolute Gasteiger partial charge is 0.372 e. The number of sulfonamides is 1. The van der Waals surface area contributed by atoms with Crippen molar-refractivity contribution in [3.8, 4) is 0 Å². The van der Waals surface area contributed by atoms with Gasteiger partial charge in [-0.25, -0.2) is 8.42 Å². The number of rotatable bonds is 9. The number of fused-ring (bicyclic) bond motifs is 1. The van der Waals surface area contributed by atoms with Crippen molar-refractivity contribution in [3.63, 3.8) is 0 Å². The molecule has 1 aliphatic heterocycles. The summed E-state index contributed by atoms with van der Waals surface area (Å²) in [5.74, 6) is -0.0907. The van der Waals surface area contributed by atoms with Crippen molar-refractivity contribution < 1.29 is 13.2 Å². The quantitative estimate of drug-likeness (QED) is 0.413. The fraction of sp³-hybridized carbons (Fsp3) is 0.429. The fourth-order valence-corrected chi connectivity index (χ4v) is 6.58. The number of nitrogens with one attached hydrogen (secondary N) is 2. The molecule has 1 amide bonds. The second-order valence-electron chi connectivity index (χ2n) is 9.89. The minimum Gasteiger partial charge on any atom is -0.372 e. The lowest BCUT2D eigenvalue weighted by molar-refractivity contribution is 0.0955. The number of nitrogens with zero attached hydrogens (tertiary/aromatic N) is 2. The monoisotopic (exact) mass is 524 g/mol. The van der Waals surface area contributed by atoms with Crippen molar-refractivity contribution in [1.29, 1.82) is 0 Å². The topological polar surface area (TPSA) is 103 Å². The standard InChI is InChI=1S/C28H36N4O4S/c1-4-31(22-10-5-8-20(2)16-22)14-7-13-29-28(34)25-18-27(33)30-26-12-11-23(17-24(25)26)37(35,36)32-15-6-9-21(3)19-32/h5,8,10-12,16-18,21H,4,6-7,9,13-15,19H2,1-3H3,(H,29,34)(H,30,33)/t21-/m0/s1. The summed E-state index contributed by atoms with van der Waals surface area (Å²) >= 11 is 0. The molecule has 4 rings (SSSR count). The van der Waals surface area contributed by atoms with Crippen LogP contribution in [0.2, 0.25) is 0 Å². The van der Waals surface area contributed by atoms with Gasteiger partial charge in [-0.3, -0.25) is 9.59 Å². The van der Waals surface area contributed by atoms with Crippen LogP contribution in [0, 0.1) is 12.8 Å². The molecule has 3 aromatic rings. The number of hydrogen-bond donors (Lipinski definition) is 2. The highest BCUT2D eigenvalue weighted by atomic mass is 32.2. The number of anilines is 1. The highest BCUT2D eigenvalue weighted by Gasteiger charge is 2.29. The number of H-pyrrole nitrogens is 1. The lowest BCUT2D eigenvalue weighted by atomic mass is 10.0. The van der Waals surface area contributed by atoms with Crippen LogP contribution in [0.4, 0.5) is 5.69 Å². The Hall–Kier alpha value is -3.17. The number of aryl methyl sites for hydroxylation is 1. The van der Waals surface area contributed by atoms with Crippen molar-refractivity contribution in [2.24, 2.45) is 5.92 Å². The molecule has 1 saturated heterocycles. The van der Waals surface area contributed by atoms with Gasteiger partial charge in [-0.1, -0.05) is 19.1 Å². The number of aromatic nitrogens is 1. The average Bonchev–Trinajstić information content (AvgIpc) is 2.87. The van der Waals surface area contributed by atoms with Crippen molar-refractivity contribution in [2.75, 3.05) is 37.6 Å². The van der Waals surface area contributed by atoms with Crippen LogP contribution in [0.1, 0.15) is 49.0 Å². The summed E-state index contributed by atoms with van der Waals surface area (Å²) < 4.78 is 28.1. The maximum Gasteiger partial charge on any atom is 0.252 e. The third-order valence-corrected chi connectivity index (χ3v) is 8.82. The molecule has 2 N–H and O–H groups in total. The molecule has 8 nitrogen and oxygen atoms in total. The predicted molar refractivity (Wildman–Crippen MR) is 148 cm³/mol. The van der Waals surface area contributed by atoms with E-state index in [1.54, 1.807) is 6.07 Å². The van der Waals surface area contributed by atoms with E-state index in [2.05, 4.69) is 54.2 Å². The third-order valence-electron chi connectivity index (χ3n) is 6.96. The zero-order valence-electron chi connectivity index (χ0n) is 21.8. The van der Waals surface area contributed by atoms with Crippen LogP contribution >= 0.6 is 0 Å². The summed E-state index contributed by atoms with van der Waals surface area (Å²) in [5.41, 5.74) is 2.54. The molecule has 0 unspecified atom stereocenters. The normalized spacial score (nSPS) is 16.6. The van der Waals surface area contributed by atoms with Gasteiger partial charge in [0.25, 0.3) is 5.91 Å². The molecule has 37 heavy (non-hydrogen) atoms. The van der Waals surface area contributed by atoms with Gasteiger partial charge in [0, 0.05) is 55.4 Å². The van der Waals surface area contributed by atoms with E-state index in [0.717, 1.165) is 38.0 Å². The number of piperidine rings is 1. The summed E-state index contributed by atoms with van der Waals surface area (Å²) in [6.07, 6.45) is 2.56. The smallest absolute Gasteiger partial charge is 0.252 e. The zero-order chi connectivity index (χ0) is 26.6. The van der Waals surface area contributed by atoms with Crippen LogP contribution in [-0.4, -0.2) is 56.3 Å². The SMILES string of the molecule is CCN(CCCNC(=O)c1cc(=O)[nH]c2ccc(S(=O)(=O)N3CCC[C@H](C)C3)cc12)c1cccc(C)c1. The summed E-state index contributed by atoms with van der Waals surface area (Å²) in [6.45, 7) is 9.23. The van der Waals surface area contributed by atoms with E-state index >= 15 is 0 Å². The van der Waals surface area contributed by atoms with Gasteiger partial charge in [0.15, 0.2) is 0 Å². The molecule has 198 valence electrons. The maximum atomic E-state index is 13.3. The van der Waals surface area contributed by atoms with Crippen molar-refractivity contribution in [1.82, 2.24) is 14.6 Å². The van der Waals surface area contributed by atoms with Gasteiger partial charge in [-0.15, -0.1) is 0 Å². The lowest BCUT2D eigenvalue weighted by Gasteiger charge is -2.30. The highest BCUT2D eigenvalue weighted by Crippen LogP contribution is 2.26. The summed E-state index contributed by atoms with van der Waals surface area (Å²) in [4.78, 5) is 30.4. The molecule has 0 bridgehead atoms. The zero-order valence-corrected chi connectivity index (χ0v) is 22.6. The third kappa shape index (κ3) is 6.22. The average molecular weight is 525 g/mol. The molecule has 9 heteroatoms. The van der Waals surface area contributed by atoms with Gasteiger partial charge in [0.1, 0.15) is 0 Å². The number of aromatic amines is 1. The van der Waals surface area contributed by atoms with Gasteiger partial charge in [-0.05, 0) is 74.9 Å². The Kier molecular flexibility index (Phi) is 8.34. The van der Waals surface area contributed by atoms with E-state index in [4.69, 9.17) is 0 Å². The first-order valence-corrected chi connectivity index (χ1v) is 14.4. The van der Waals surface area contributed by atoms with Crippen molar-refractivity contribution in [2.45, 2.75) is 44.9 Å². The lowest BCUT2D eigenvalue weighted by Crippen LogP contribution is -2.39. The van der Waals surface area contributed by atoms with Gasteiger partial charge < -0.3 is 15.2 Å². The summed E-state index contributed by atoms with van der Waals surface area (Å²) in [6, 6.07) is 14.1. The number of hydrogen-bond acceptors (Lipinski definition) is 5. The van der Waals surface area contributed by atoms with Crippen LogP contribution in [-0.2, 0) is 10.0 Å². The summed E-state index contributed by atoms with van der Waals surface area (Å²) in [7, 11) is -3.70. The van der Waals surface area contributed by atoms with Gasteiger partial charge in [0.2, 0.25) is 15.6 Å². The number of amides is 1. The fourth-order valence-electron chi connectivity index (χ4n) is 4.96.